The number of anilines is 1. The standard InChI is InChI=1S/C26H28N2O6S/c1-17-10-12-24-22(14-17)28(35(30,31)20-8-6-5-7-9-20)16-25(34-24)26(29)27-18(2)21-15-19(32-3)11-13-23(21)33-4/h5-15,18,25H,16H2,1-4H3,(H,27,29)/t18-,25+/m1/s1. The molecule has 8 nitrogen and oxygen atoms in total. The molecule has 3 aromatic carbocycles. The Morgan fingerprint density at radius 2 is 1.80 bits per heavy atom. The number of nitrogens with zero attached hydrogens (tertiary/aromatic N) is 1. The maximum atomic E-state index is 13.5. The normalized spacial score (nSPS) is 16.0. The van der Waals surface area contributed by atoms with Crippen LogP contribution in [0, 0.1) is 6.92 Å². The lowest BCUT2D eigenvalue weighted by molar-refractivity contribution is -0.128. The van der Waals surface area contributed by atoms with Gasteiger partial charge in [-0.25, -0.2) is 8.42 Å². The fourth-order valence-corrected chi connectivity index (χ4v) is 5.50. The molecule has 0 fully saturated rings. The lowest BCUT2D eigenvalue weighted by atomic mass is 10.1. The van der Waals surface area contributed by atoms with E-state index in [0.717, 1.165) is 11.1 Å². The van der Waals surface area contributed by atoms with Gasteiger partial charge in [0, 0.05) is 5.56 Å². The van der Waals surface area contributed by atoms with Gasteiger partial charge in [0.05, 0.1) is 37.4 Å². The van der Waals surface area contributed by atoms with Crippen LogP contribution in [0.2, 0.25) is 0 Å². The van der Waals surface area contributed by atoms with E-state index in [9.17, 15) is 13.2 Å². The second kappa shape index (κ2) is 9.87. The van der Waals surface area contributed by atoms with Crippen LogP contribution in [0.25, 0.3) is 0 Å². The second-order valence-electron chi connectivity index (χ2n) is 8.27. The Hall–Kier alpha value is -3.72. The summed E-state index contributed by atoms with van der Waals surface area (Å²) in [6.45, 7) is 3.52. The van der Waals surface area contributed by atoms with Gasteiger partial charge in [-0.2, -0.15) is 0 Å². The molecule has 0 aliphatic carbocycles. The summed E-state index contributed by atoms with van der Waals surface area (Å²) in [6, 6.07) is 18.3. The van der Waals surface area contributed by atoms with Crippen molar-refractivity contribution in [2.45, 2.75) is 30.9 Å². The van der Waals surface area contributed by atoms with Gasteiger partial charge in [-0.1, -0.05) is 24.3 Å². The van der Waals surface area contributed by atoms with Crippen molar-refractivity contribution in [2.75, 3.05) is 25.1 Å². The monoisotopic (exact) mass is 496 g/mol. The highest BCUT2D eigenvalue weighted by Crippen LogP contribution is 2.38. The van der Waals surface area contributed by atoms with Crippen molar-refractivity contribution < 1.29 is 27.4 Å². The topological polar surface area (TPSA) is 94.2 Å². The predicted octanol–water partition coefficient (Wildman–Crippen LogP) is 3.85. The van der Waals surface area contributed by atoms with Crippen LogP contribution in [0.1, 0.15) is 24.1 Å². The third-order valence-corrected chi connectivity index (χ3v) is 7.66. The molecule has 2 atom stereocenters. The van der Waals surface area contributed by atoms with Gasteiger partial charge in [-0.3, -0.25) is 9.10 Å². The molecule has 1 amide bonds. The van der Waals surface area contributed by atoms with Gasteiger partial charge in [-0.05, 0) is 61.9 Å². The van der Waals surface area contributed by atoms with Gasteiger partial charge in [0.1, 0.15) is 17.2 Å². The van der Waals surface area contributed by atoms with E-state index in [0.29, 0.717) is 22.9 Å². The molecule has 1 N–H and O–H groups in total. The van der Waals surface area contributed by atoms with Crippen molar-refractivity contribution in [3.05, 3.63) is 77.9 Å². The second-order valence-corrected chi connectivity index (χ2v) is 10.1. The quantitative estimate of drug-likeness (QED) is 0.534. The molecule has 1 aliphatic rings. The number of fused-ring (bicyclic) bond motifs is 1. The summed E-state index contributed by atoms with van der Waals surface area (Å²) >= 11 is 0. The molecule has 1 heterocycles. The molecule has 35 heavy (non-hydrogen) atoms. The van der Waals surface area contributed by atoms with E-state index < -0.39 is 28.1 Å². The van der Waals surface area contributed by atoms with Gasteiger partial charge < -0.3 is 19.5 Å². The Kier molecular flexibility index (Phi) is 6.88. The minimum Gasteiger partial charge on any atom is -0.497 e. The van der Waals surface area contributed by atoms with Crippen LogP contribution in [0.15, 0.2) is 71.6 Å². The van der Waals surface area contributed by atoms with Gasteiger partial charge in [-0.15, -0.1) is 0 Å². The molecule has 3 aromatic rings. The van der Waals surface area contributed by atoms with E-state index in [-0.39, 0.29) is 11.4 Å². The van der Waals surface area contributed by atoms with Gasteiger partial charge in [0.15, 0.2) is 6.10 Å². The number of ether oxygens (including phenoxy) is 3. The minimum atomic E-state index is -3.92. The molecule has 0 unspecified atom stereocenters. The zero-order valence-electron chi connectivity index (χ0n) is 20.0. The molecule has 0 saturated carbocycles. The predicted molar refractivity (Wildman–Crippen MR) is 133 cm³/mol. The summed E-state index contributed by atoms with van der Waals surface area (Å²) in [5.74, 6) is 1.10. The summed E-state index contributed by atoms with van der Waals surface area (Å²) in [5.41, 5.74) is 2.00. The van der Waals surface area contributed by atoms with Crippen molar-refractivity contribution >= 4 is 21.6 Å². The lowest BCUT2D eigenvalue weighted by Gasteiger charge is -2.35. The average Bonchev–Trinajstić information content (AvgIpc) is 2.87. The third kappa shape index (κ3) is 4.90. The molecule has 0 radical (unpaired) electrons. The Labute approximate surface area is 205 Å². The number of hydrogen-bond acceptors (Lipinski definition) is 6. The number of benzene rings is 3. The molecule has 0 saturated heterocycles. The number of carbonyl (C=O) groups excluding carboxylic acids is 1. The van der Waals surface area contributed by atoms with E-state index in [1.165, 1.54) is 16.4 Å². The highest BCUT2D eigenvalue weighted by Gasteiger charge is 2.38. The molecule has 184 valence electrons. The van der Waals surface area contributed by atoms with Crippen LogP contribution in [-0.4, -0.2) is 41.2 Å². The minimum absolute atomic E-state index is 0.142. The van der Waals surface area contributed by atoms with E-state index in [2.05, 4.69) is 5.32 Å². The van der Waals surface area contributed by atoms with Crippen molar-refractivity contribution in [3.8, 4) is 17.2 Å². The third-order valence-electron chi connectivity index (χ3n) is 5.87. The van der Waals surface area contributed by atoms with E-state index in [1.807, 2.05) is 19.9 Å². The van der Waals surface area contributed by atoms with E-state index >= 15 is 0 Å². The Morgan fingerprint density at radius 1 is 1.06 bits per heavy atom. The lowest BCUT2D eigenvalue weighted by Crippen LogP contribution is -2.51. The first-order chi connectivity index (χ1) is 16.7. The van der Waals surface area contributed by atoms with Crippen molar-refractivity contribution in [1.29, 1.82) is 0 Å². The zero-order valence-corrected chi connectivity index (χ0v) is 20.8. The molecular weight excluding hydrogens is 468 g/mol. The summed E-state index contributed by atoms with van der Waals surface area (Å²) in [5, 5.41) is 2.92. The molecule has 0 spiro atoms. The van der Waals surface area contributed by atoms with Gasteiger partial charge >= 0.3 is 0 Å². The summed E-state index contributed by atoms with van der Waals surface area (Å²) < 4.78 is 45.0. The zero-order chi connectivity index (χ0) is 25.2. The van der Waals surface area contributed by atoms with Crippen molar-refractivity contribution in [1.82, 2.24) is 5.32 Å². The maximum Gasteiger partial charge on any atom is 0.264 e. The van der Waals surface area contributed by atoms with Crippen molar-refractivity contribution in [2.24, 2.45) is 0 Å². The smallest absolute Gasteiger partial charge is 0.264 e. The number of nitrogens with one attached hydrogen (secondary N) is 1. The maximum absolute atomic E-state index is 13.5. The van der Waals surface area contributed by atoms with Crippen LogP contribution < -0.4 is 23.8 Å². The fraction of sp³-hybridized carbons (Fsp3) is 0.269. The van der Waals surface area contributed by atoms with Crippen LogP contribution in [0.4, 0.5) is 5.69 Å². The van der Waals surface area contributed by atoms with Crippen LogP contribution in [-0.2, 0) is 14.8 Å². The number of aryl methyl sites for hydroxylation is 1. The first kappa shape index (κ1) is 24.4. The first-order valence-corrected chi connectivity index (χ1v) is 12.6. The van der Waals surface area contributed by atoms with Gasteiger partial charge in [0.2, 0.25) is 0 Å². The van der Waals surface area contributed by atoms with Crippen LogP contribution in [0.3, 0.4) is 0 Å². The Balaban J connectivity index is 1.64. The SMILES string of the molecule is COc1ccc(OC)c([C@@H](C)NC(=O)[C@@H]2CN(S(=O)(=O)c3ccccc3)c3cc(C)ccc3O2)c1. The summed E-state index contributed by atoms with van der Waals surface area (Å²) in [4.78, 5) is 13.4. The molecule has 1 aliphatic heterocycles. The van der Waals surface area contributed by atoms with Crippen LogP contribution in [0.5, 0.6) is 17.2 Å². The first-order valence-electron chi connectivity index (χ1n) is 11.1. The molecule has 0 aromatic heterocycles. The average molecular weight is 497 g/mol. The molecule has 4 rings (SSSR count). The summed E-state index contributed by atoms with van der Waals surface area (Å²) in [6.07, 6.45) is -1.05. The molecule has 9 heteroatoms. The van der Waals surface area contributed by atoms with Crippen molar-refractivity contribution in [3.63, 3.8) is 0 Å². The number of rotatable bonds is 7. The molecule has 0 bridgehead atoms. The van der Waals surface area contributed by atoms with E-state index in [1.54, 1.807) is 62.8 Å². The Morgan fingerprint density at radius 3 is 2.49 bits per heavy atom. The number of sulfonamides is 1. The number of carbonyl (C=O) groups is 1. The fourth-order valence-electron chi connectivity index (χ4n) is 4.01. The highest BCUT2D eigenvalue weighted by atomic mass is 32.2. The highest BCUT2D eigenvalue weighted by molar-refractivity contribution is 7.92. The largest absolute Gasteiger partial charge is 0.497 e. The van der Waals surface area contributed by atoms with Gasteiger partial charge in [0.25, 0.3) is 15.9 Å². The van der Waals surface area contributed by atoms with E-state index in [4.69, 9.17) is 14.2 Å². The molecular formula is C26H28N2O6S. The van der Waals surface area contributed by atoms with Crippen LogP contribution >= 0.6 is 0 Å². The Bertz CT molecular complexity index is 1330. The number of methoxy groups -OCH3 is 2. The number of hydrogen-bond donors (Lipinski definition) is 1. The summed E-state index contributed by atoms with van der Waals surface area (Å²) in [7, 11) is -0.810. The number of amides is 1.